The summed E-state index contributed by atoms with van der Waals surface area (Å²) in [5.41, 5.74) is 3.05. The van der Waals surface area contributed by atoms with Gasteiger partial charge in [0.2, 0.25) is 0 Å². The standard InChI is InChI=1S/C23H25N3O3/c1-25-11-13-26(14-12-25)20-15-19(23(27)28-2)24-22-18(20)9-6-10-21(22)29-16-17-7-4-3-5-8-17/h3-10,15H,11-14,16H2,1-2H3. The number of carbonyl (C=O) groups excluding carboxylic acids is 1. The average Bonchev–Trinajstić information content (AvgIpc) is 2.77. The Hall–Kier alpha value is -3.12. The van der Waals surface area contributed by atoms with Gasteiger partial charge in [-0.1, -0.05) is 42.5 Å². The number of ether oxygens (including phenoxy) is 2. The van der Waals surface area contributed by atoms with Crippen LogP contribution in [-0.2, 0) is 11.3 Å². The number of anilines is 1. The molecule has 2 heterocycles. The number of hydrogen-bond donors (Lipinski definition) is 0. The zero-order valence-corrected chi connectivity index (χ0v) is 16.8. The molecule has 3 aromatic rings. The number of carbonyl (C=O) groups is 1. The first-order chi connectivity index (χ1) is 14.2. The van der Waals surface area contributed by atoms with Crippen LogP contribution in [0.3, 0.4) is 0 Å². The fourth-order valence-electron chi connectivity index (χ4n) is 3.57. The Morgan fingerprint density at radius 2 is 1.79 bits per heavy atom. The molecule has 29 heavy (non-hydrogen) atoms. The summed E-state index contributed by atoms with van der Waals surface area (Å²) in [6.07, 6.45) is 0. The first-order valence-electron chi connectivity index (χ1n) is 9.78. The normalized spacial score (nSPS) is 14.8. The second kappa shape index (κ2) is 8.49. The molecular formula is C23H25N3O3. The zero-order valence-electron chi connectivity index (χ0n) is 16.8. The monoisotopic (exact) mass is 391 g/mol. The summed E-state index contributed by atoms with van der Waals surface area (Å²) in [7, 11) is 3.50. The molecular weight excluding hydrogens is 366 g/mol. The van der Waals surface area contributed by atoms with Crippen LogP contribution >= 0.6 is 0 Å². The smallest absolute Gasteiger partial charge is 0.356 e. The van der Waals surface area contributed by atoms with E-state index in [1.807, 2.05) is 54.6 Å². The molecule has 1 fully saturated rings. The molecule has 0 amide bonds. The Morgan fingerprint density at radius 1 is 1.03 bits per heavy atom. The summed E-state index contributed by atoms with van der Waals surface area (Å²) in [5, 5.41) is 0.979. The number of hydrogen-bond acceptors (Lipinski definition) is 6. The maximum Gasteiger partial charge on any atom is 0.356 e. The van der Waals surface area contributed by atoms with E-state index < -0.39 is 5.97 Å². The second-order valence-electron chi connectivity index (χ2n) is 7.24. The van der Waals surface area contributed by atoms with Crippen molar-refractivity contribution in [1.82, 2.24) is 9.88 Å². The van der Waals surface area contributed by atoms with E-state index in [2.05, 4.69) is 21.8 Å². The van der Waals surface area contributed by atoms with Crippen LogP contribution in [0.25, 0.3) is 10.9 Å². The van der Waals surface area contributed by atoms with Gasteiger partial charge in [0.15, 0.2) is 5.69 Å². The van der Waals surface area contributed by atoms with Crippen molar-refractivity contribution >= 4 is 22.6 Å². The van der Waals surface area contributed by atoms with Gasteiger partial charge in [-0.05, 0) is 24.7 Å². The maximum atomic E-state index is 12.3. The molecule has 1 saturated heterocycles. The van der Waals surface area contributed by atoms with Crippen molar-refractivity contribution in [2.75, 3.05) is 45.2 Å². The van der Waals surface area contributed by atoms with Crippen LogP contribution in [0.2, 0.25) is 0 Å². The molecule has 0 bridgehead atoms. The van der Waals surface area contributed by atoms with Crippen molar-refractivity contribution in [2.45, 2.75) is 6.61 Å². The van der Waals surface area contributed by atoms with Crippen molar-refractivity contribution in [3.8, 4) is 5.75 Å². The SMILES string of the molecule is COC(=O)c1cc(N2CCN(C)CC2)c2cccc(OCc3ccccc3)c2n1. The summed E-state index contributed by atoms with van der Waals surface area (Å²) in [5.74, 6) is 0.215. The molecule has 0 saturated carbocycles. The predicted octanol–water partition coefficient (Wildman–Crippen LogP) is 3.35. The van der Waals surface area contributed by atoms with E-state index in [1.165, 1.54) is 7.11 Å². The van der Waals surface area contributed by atoms with Gasteiger partial charge in [-0.15, -0.1) is 0 Å². The number of aromatic nitrogens is 1. The Balaban J connectivity index is 1.75. The Bertz CT molecular complexity index is 999. The lowest BCUT2D eigenvalue weighted by Crippen LogP contribution is -2.44. The summed E-state index contributed by atoms with van der Waals surface area (Å²) >= 11 is 0. The molecule has 0 unspecified atom stereocenters. The van der Waals surface area contributed by atoms with Gasteiger partial charge in [0.05, 0.1) is 7.11 Å². The quantitative estimate of drug-likeness (QED) is 0.622. The summed E-state index contributed by atoms with van der Waals surface area (Å²) < 4.78 is 11.0. The van der Waals surface area contributed by atoms with E-state index >= 15 is 0 Å². The van der Waals surface area contributed by atoms with Gasteiger partial charge in [0.25, 0.3) is 0 Å². The minimum Gasteiger partial charge on any atom is -0.487 e. The van der Waals surface area contributed by atoms with Gasteiger partial charge in [-0.2, -0.15) is 0 Å². The summed E-state index contributed by atoms with van der Waals surface area (Å²) in [6, 6.07) is 17.7. The Labute approximate surface area is 170 Å². The van der Waals surface area contributed by atoms with E-state index in [0.29, 0.717) is 23.6 Å². The lowest BCUT2D eigenvalue weighted by Gasteiger charge is -2.34. The van der Waals surface area contributed by atoms with Gasteiger partial charge in [0, 0.05) is 37.3 Å². The number of methoxy groups -OCH3 is 1. The third-order valence-corrected chi connectivity index (χ3v) is 5.26. The van der Waals surface area contributed by atoms with Crippen LogP contribution < -0.4 is 9.64 Å². The van der Waals surface area contributed by atoms with E-state index in [4.69, 9.17) is 9.47 Å². The van der Waals surface area contributed by atoms with Crippen molar-refractivity contribution in [2.24, 2.45) is 0 Å². The van der Waals surface area contributed by atoms with E-state index in [-0.39, 0.29) is 0 Å². The van der Waals surface area contributed by atoms with Gasteiger partial charge in [-0.3, -0.25) is 0 Å². The fraction of sp³-hybridized carbons (Fsp3) is 0.304. The maximum absolute atomic E-state index is 12.3. The van der Waals surface area contributed by atoms with Crippen molar-refractivity contribution < 1.29 is 14.3 Å². The second-order valence-corrected chi connectivity index (χ2v) is 7.24. The molecule has 0 N–H and O–H groups in total. The lowest BCUT2D eigenvalue weighted by atomic mass is 10.1. The van der Waals surface area contributed by atoms with E-state index in [9.17, 15) is 4.79 Å². The molecule has 6 heteroatoms. The molecule has 1 aromatic heterocycles. The first-order valence-corrected chi connectivity index (χ1v) is 9.78. The molecule has 150 valence electrons. The van der Waals surface area contributed by atoms with Gasteiger partial charge >= 0.3 is 5.97 Å². The molecule has 2 aromatic carbocycles. The highest BCUT2D eigenvalue weighted by Gasteiger charge is 2.21. The number of para-hydroxylation sites is 1. The molecule has 0 radical (unpaired) electrons. The van der Waals surface area contributed by atoms with Crippen molar-refractivity contribution in [3.05, 3.63) is 65.9 Å². The van der Waals surface area contributed by atoms with Crippen LogP contribution in [0.5, 0.6) is 5.75 Å². The number of pyridine rings is 1. The van der Waals surface area contributed by atoms with Crippen molar-refractivity contribution in [3.63, 3.8) is 0 Å². The number of esters is 1. The number of likely N-dealkylation sites (N-methyl/N-ethyl adjacent to an activating group) is 1. The molecule has 0 aliphatic carbocycles. The zero-order chi connectivity index (χ0) is 20.2. The summed E-state index contributed by atoms with van der Waals surface area (Å²) in [6.45, 7) is 4.17. The Morgan fingerprint density at radius 3 is 2.52 bits per heavy atom. The largest absolute Gasteiger partial charge is 0.487 e. The van der Waals surface area contributed by atoms with Crippen LogP contribution in [-0.4, -0.2) is 56.2 Å². The molecule has 1 aliphatic heterocycles. The highest BCUT2D eigenvalue weighted by atomic mass is 16.5. The fourth-order valence-corrected chi connectivity index (χ4v) is 3.57. The highest BCUT2D eigenvalue weighted by molar-refractivity contribution is 6.00. The van der Waals surface area contributed by atoms with E-state index in [0.717, 1.165) is 42.8 Å². The number of nitrogens with zero attached hydrogens (tertiary/aromatic N) is 3. The van der Waals surface area contributed by atoms with Gasteiger partial charge in [0.1, 0.15) is 17.9 Å². The molecule has 1 aliphatic rings. The minimum atomic E-state index is -0.444. The van der Waals surface area contributed by atoms with Crippen LogP contribution in [0.4, 0.5) is 5.69 Å². The minimum absolute atomic E-state index is 0.296. The van der Waals surface area contributed by atoms with Crippen LogP contribution in [0.1, 0.15) is 16.1 Å². The Kier molecular flexibility index (Phi) is 5.62. The number of piperazine rings is 1. The predicted molar refractivity (Wildman–Crippen MR) is 114 cm³/mol. The summed E-state index contributed by atoms with van der Waals surface area (Å²) in [4.78, 5) is 21.5. The van der Waals surface area contributed by atoms with Gasteiger partial charge in [-0.25, -0.2) is 9.78 Å². The number of rotatable bonds is 5. The van der Waals surface area contributed by atoms with Crippen LogP contribution in [0, 0.1) is 0 Å². The highest BCUT2D eigenvalue weighted by Crippen LogP contribution is 2.33. The van der Waals surface area contributed by atoms with Crippen molar-refractivity contribution in [1.29, 1.82) is 0 Å². The average molecular weight is 391 g/mol. The lowest BCUT2D eigenvalue weighted by molar-refractivity contribution is 0.0594. The third kappa shape index (κ3) is 4.17. The van der Waals surface area contributed by atoms with Gasteiger partial charge < -0.3 is 19.3 Å². The molecule has 4 rings (SSSR count). The van der Waals surface area contributed by atoms with E-state index in [1.54, 1.807) is 0 Å². The third-order valence-electron chi connectivity index (χ3n) is 5.26. The number of benzene rings is 2. The molecule has 0 spiro atoms. The number of fused-ring (bicyclic) bond motifs is 1. The van der Waals surface area contributed by atoms with Crippen LogP contribution in [0.15, 0.2) is 54.6 Å². The first kappa shape index (κ1) is 19.2. The molecule has 6 nitrogen and oxygen atoms in total. The molecule has 0 atom stereocenters. The topological polar surface area (TPSA) is 54.9 Å².